The normalized spacial score (nSPS) is 13.9. The number of rotatable bonds is 2. The number of pyridine rings is 1. The topological polar surface area (TPSA) is 66.1 Å². The molecule has 1 atom stereocenters. The van der Waals surface area contributed by atoms with Gasteiger partial charge in [0.2, 0.25) is 6.19 Å². The van der Waals surface area contributed by atoms with Gasteiger partial charge in [-0.2, -0.15) is 5.26 Å². The highest BCUT2D eigenvalue weighted by molar-refractivity contribution is 7.92. The molecule has 1 aromatic heterocycles. The van der Waals surface area contributed by atoms with E-state index < -0.39 is 9.73 Å². The van der Waals surface area contributed by atoms with E-state index in [9.17, 15) is 4.21 Å². The van der Waals surface area contributed by atoms with Gasteiger partial charge in [-0.05, 0) is 5.56 Å². The molecule has 0 aromatic carbocycles. The summed E-state index contributed by atoms with van der Waals surface area (Å²) in [4.78, 5) is 3.94. The van der Waals surface area contributed by atoms with Gasteiger partial charge in [0, 0.05) is 12.5 Å². The molecule has 0 N–H and O–H groups in total. The van der Waals surface area contributed by atoms with Gasteiger partial charge < -0.3 is 0 Å². The first-order valence-electron chi connectivity index (χ1n) is 4.13. The Kier molecular flexibility index (Phi) is 3.72. The second-order valence-electron chi connectivity index (χ2n) is 3.25. The minimum Gasteiger partial charge on any atom is -0.249 e. The third-order valence-corrected chi connectivity index (χ3v) is 3.47. The average Bonchev–Trinajstić information content (AvgIpc) is 2.10. The molecule has 4 nitrogen and oxygen atoms in total. The van der Waals surface area contributed by atoms with Gasteiger partial charge in [0.1, 0.15) is 13.0 Å². The van der Waals surface area contributed by atoms with Gasteiger partial charge in [0.05, 0.1) is 15.5 Å². The lowest BCUT2D eigenvalue weighted by Crippen LogP contribution is -2.10. The van der Waals surface area contributed by atoms with Crippen LogP contribution in [0.3, 0.4) is 0 Å². The van der Waals surface area contributed by atoms with Crippen LogP contribution in [0.25, 0.3) is 0 Å². The Labute approximate surface area is 94.9 Å². The van der Waals surface area contributed by atoms with E-state index in [2.05, 4.69) is 9.35 Å². The summed E-state index contributed by atoms with van der Waals surface area (Å²) in [6.45, 7) is 0. The highest BCUT2D eigenvalue weighted by Crippen LogP contribution is 2.07. The smallest absolute Gasteiger partial charge is 0.214 e. The zero-order valence-corrected chi connectivity index (χ0v) is 9.97. The van der Waals surface area contributed by atoms with Crippen LogP contribution in [-0.4, -0.2) is 23.3 Å². The molecular weight excluding hydrogens is 232 g/mol. The summed E-state index contributed by atoms with van der Waals surface area (Å²) < 4.78 is 15.1. The van der Waals surface area contributed by atoms with Crippen LogP contribution in [0.15, 0.2) is 16.6 Å². The minimum absolute atomic E-state index is 0.214. The van der Waals surface area contributed by atoms with Crippen molar-refractivity contribution in [3.05, 3.63) is 23.0 Å². The zero-order valence-electron chi connectivity index (χ0n) is 8.40. The Hall–Kier alpha value is -1.06. The molecule has 1 aromatic rings. The lowest BCUT2D eigenvalue weighted by molar-refractivity contribution is 0.680. The van der Waals surface area contributed by atoms with E-state index in [1.807, 2.05) is 7.85 Å². The number of nitrogens with zero attached hydrogens (tertiary/aromatic N) is 3. The predicted octanol–water partition coefficient (Wildman–Crippen LogP) is 0.0723. The van der Waals surface area contributed by atoms with Crippen molar-refractivity contribution in [2.24, 2.45) is 4.36 Å². The maximum Gasteiger partial charge on any atom is 0.214 e. The number of halogens is 1. The van der Waals surface area contributed by atoms with Crippen LogP contribution in [0.4, 0.5) is 0 Å². The molecule has 0 radical (unpaired) electrons. The van der Waals surface area contributed by atoms with Crippen LogP contribution in [0.5, 0.6) is 0 Å². The highest BCUT2D eigenvalue weighted by Gasteiger charge is 2.05. The van der Waals surface area contributed by atoms with Crippen LogP contribution in [0, 0.1) is 11.5 Å². The molecule has 15 heavy (non-hydrogen) atoms. The van der Waals surface area contributed by atoms with Crippen molar-refractivity contribution in [1.82, 2.24) is 4.98 Å². The fourth-order valence-electron chi connectivity index (χ4n) is 1.12. The molecule has 0 bridgehead atoms. The quantitative estimate of drug-likeness (QED) is 0.418. The Morgan fingerprint density at radius 3 is 3.00 bits per heavy atom. The maximum absolute atomic E-state index is 11.7. The molecule has 0 fully saturated rings. The number of hydrogen-bond donors (Lipinski definition) is 0. The molecule has 0 aliphatic rings. The van der Waals surface area contributed by atoms with E-state index in [0.717, 1.165) is 11.0 Å². The second-order valence-corrected chi connectivity index (χ2v) is 5.99. The van der Waals surface area contributed by atoms with Gasteiger partial charge >= 0.3 is 0 Å². The summed E-state index contributed by atoms with van der Waals surface area (Å²) in [6, 6.07) is 1.80. The van der Waals surface area contributed by atoms with Crippen molar-refractivity contribution < 1.29 is 4.21 Å². The average molecular weight is 242 g/mol. The van der Waals surface area contributed by atoms with E-state index in [0.29, 0.717) is 5.15 Å². The van der Waals surface area contributed by atoms with E-state index in [1.165, 1.54) is 6.26 Å². The van der Waals surface area contributed by atoms with Crippen LogP contribution in [0.2, 0.25) is 5.15 Å². The predicted molar refractivity (Wildman–Crippen MR) is 63.2 cm³/mol. The largest absolute Gasteiger partial charge is 0.249 e. The van der Waals surface area contributed by atoms with E-state index in [-0.39, 0.29) is 5.75 Å². The van der Waals surface area contributed by atoms with Gasteiger partial charge in [-0.3, -0.25) is 0 Å². The molecule has 1 rings (SSSR count). The molecule has 0 saturated carbocycles. The van der Waals surface area contributed by atoms with Gasteiger partial charge in [-0.15, -0.1) is 4.36 Å². The van der Waals surface area contributed by atoms with Crippen LogP contribution < -0.4 is 5.46 Å². The van der Waals surface area contributed by atoms with E-state index in [1.54, 1.807) is 18.5 Å². The standard InChI is InChI=1S/C8H9BClN3OS/c1-15(14,13-5-11)4-6-2-7(9)8(10)12-3-6/h2-3H,4,9H2,1H3. The maximum atomic E-state index is 11.7. The first kappa shape index (κ1) is 12.0. The molecule has 0 spiro atoms. The van der Waals surface area contributed by atoms with Crippen LogP contribution >= 0.6 is 11.6 Å². The third kappa shape index (κ3) is 3.53. The SMILES string of the molecule is Bc1cc(CS(C)(=O)=NC#N)cnc1Cl. The van der Waals surface area contributed by atoms with Crippen LogP contribution in [0.1, 0.15) is 5.56 Å². The Morgan fingerprint density at radius 1 is 1.80 bits per heavy atom. The molecule has 0 saturated heterocycles. The van der Waals surface area contributed by atoms with Crippen molar-refractivity contribution in [3.63, 3.8) is 0 Å². The Bertz CT molecular complexity index is 531. The fraction of sp³-hybridized carbons (Fsp3) is 0.250. The molecule has 0 aliphatic carbocycles. The van der Waals surface area contributed by atoms with E-state index >= 15 is 0 Å². The summed E-state index contributed by atoms with van der Waals surface area (Å²) >= 11 is 5.75. The molecule has 1 heterocycles. The second kappa shape index (κ2) is 4.64. The van der Waals surface area contributed by atoms with Crippen molar-refractivity contribution >= 4 is 34.6 Å². The summed E-state index contributed by atoms with van der Waals surface area (Å²) in [7, 11) is -0.666. The summed E-state index contributed by atoms with van der Waals surface area (Å²) in [5.41, 5.74) is 1.59. The third-order valence-electron chi connectivity index (χ3n) is 1.74. The lowest BCUT2D eigenvalue weighted by Gasteiger charge is -2.03. The molecule has 0 amide bonds. The monoisotopic (exact) mass is 241 g/mol. The molecule has 78 valence electrons. The first-order valence-corrected chi connectivity index (χ1v) is 6.60. The van der Waals surface area contributed by atoms with Crippen LogP contribution in [-0.2, 0) is 15.5 Å². The summed E-state index contributed by atoms with van der Waals surface area (Å²) in [5.74, 6) is 0.214. The summed E-state index contributed by atoms with van der Waals surface area (Å²) in [5, 5.41) is 8.78. The van der Waals surface area contributed by atoms with Crippen molar-refractivity contribution in [1.29, 1.82) is 5.26 Å². The van der Waals surface area contributed by atoms with Crippen molar-refractivity contribution in [3.8, 4) is 6.19 Å². The first-order chi connectivity index (χ1) is 6.94. The van der Waals surface area contributed by atoms with Crippen molar-refractivity contribution in [2.45, 2.75) is 5.75 Å². The summed E-state index contributed by atoms with van der Waals surface area (Å²) in [6.07, 6.45) is 4.55. The zero-order chi connectivity index (χ0) is 11.5. The van der Waals surface area contributed by atoms with Gasteiger partial charge in [-0.1, -0.05) is 23.1 Å². The van der Waals surface area contributed by atoms with Gasteiger partial charge in [0.15, 0.2) is 0 Å². The Morgan fingerprint density at radius 2 is 2.47 bits per heavy atom. The minimum atomic E-state index is -2.48. The number of nitriles is 1. The molecule has 7 heteroatoms. The van der Waals surface area contributed by atoms with E-state index in [4.69, 9.17) is 16.9 Å². The number of hydrogen-bond acceptors (Lipinski definition) is 4. The van der Waals surface area contributed by atoms with Crippen molar-refractivity contribution in [2.75, 3.05) is 6.26 Å². The number of aromatic nitrogens is 1. The fourth-order valence-corrected chi connectivity index (χ4v) is 2.24. The highest BCUT2D eigenvalue weighted by atomic mass is 35.5. The van der Waals surface area contributed by atoms with Gasteiger partial charge in [0.25, 0.3) is 0 Å². The Balaban J connectivity index is 3.03. The molecule has 0 aliphatic heterocycles. The molecular formula is C8H9BClN3OS. The van der Waals surface area contributed by atoms with Gasteiger partial charge in [-0.25, -0.2) is 9.19 Å². The molecule has 1 unspecified atom stereocenters. The lowest BCUT2D eigenvalue weighted by atomic mass is 9.97.